The molecule has 79 heavy (non-hydrogen) atoms. The molecule has 20 nitrogen and oxygen atoms in total. The molecule has 4 heterocycles. The van der Waals surface area contributed by atoms with Crippen molar-refractivity contribution in [1.29, 1.82) is 0 Å². The predicted octanol–water partition coefficient (Wildman–Crippen LogP) is 9.14. The lowest BCUT2D eigenvalue weighted by Gasteiger charge is -2.47. The number of ether oxygens (including phenoxy) is 9. The molecule has 0 bridgehead atoms. The number of carbonyl (C=O) groups is 6. The second-order valence-electron chi connectivity index (χ2n) is 21.0. The first-order valence-corrected chi connectivity index (χ1v) is 27.7. The fraction of sp³-hybridized carbons (Fsp3) is 0.552. The SMILES string of the molecule is CC[C@H]1OC(=O)[C@H](C)C(=O)[C@H](C)[C@@H](O[C@@H]2O[C@H](C)C[C@H](N(C)C(=O)OCc3ccccc3)[C@H]2OC(=O)OCc2ccccc2)[C@@](C)(OC)C[C@@H](C)/C(=N\OCC(=O)NCCCc2nc3ccccc3s2)[C@H](C)[C@H]2OC(=O)O[C@@]21C. The number of amides is 2. The van der Waals surface area contributed by atoms with Crippen LogP contribution in [0.3, 0.4) is 0 Å². The summed E-state index contributed by atoms with van der Waals surface area (Å²) in [4.78, 5) is 95.1. The summed E-state index contributed by atoms with van der Waals surface area (Å²) < 4.78 is 56.3. The van der Waals surface area contributed by atoms with E-state index in [0.29, 0.717) is 30.7 Å². The van der Waals surface area contributed by atoms with Crippen molar-refractivity contribution < 1.29 is 76.2 Å². The molecule has 2 amide bonds. The molecule has 13 atom stereocenters. The summed E-state index contributed by atoms with van der Waals surface area (Å²) in [5, 5.41) is 8.43. The normalized spacial score (nSPS) is 30.0. The predicted molar refractivity (Wildman–Crippen MR) is 289 cm³/mol. The Labute approximate surface area is 465 Å². The number of hydrogen-bond donors (Lipinski definition) is 1. The van der Waals surface area contributed by atoms with Gasteiger partial charge in [0.05, 0.1) is 44.8 Å². The summed E-state index contributed by atoms with van der Waals surface area (Å²) >= 11 is 1.61. The maximum absolute atomic E-state index is 14.9. The second-order valence-corrected chi connectivity index (χ2v) is 22.1. The maximum atomic E-state index is 14.9. The number of oxime groups is 1. The van der Waals surface area contributed by atoms with E-state index >= 15 is 0 Å². The molecule has 21 heteroatoms. The molecule has 428 valence electrons. The number of methoxy groups -OCH3 is 1. The number of cyclic esters (lactones) is 1. The van der Waals surface area contributed by atoms with Gasteiger partial charge in [-0.05, 0) is 76.6 Å². The van der Waals surface area contributed by atoms with Gasteiger partial charge in [0.15, 0.2) is 36.5 Å². The highest BCUT2D eigenvalue weighted by Gasteiger charge is 2.59. The Balaban J connectivity index is 1.19. The lowest BCUT2D eigenvalue weighted by atomic mass is 9.74. The van der Waals surface area contributed by atoms with Gasteiger partial charge in [0.25, 0.3) is 5.91 Å². The van der Waals surface area contributed by atoms with E-state index in [1.54, 1.807) is 77.1 Å². The van der Waals surface area contributed by atoms with Crippen molar-refractivity contribution in [2.75, 3.05) is 27.3 Å². The van der Waals surface area contributed by atoms with Crippen LogP contribution in [0.15, 0.2) is 90.1 Å². The summed E-state index contributed by atoms with van der Waals surface area (Å²) in [6.45, 7) is 13.2. The highest BCUT2D eigenvalue weighted by atomic mass is 32.1. The molecule has 4 aromatic rings. The number of rotatable bonds is 17. The van der Waals surface area contributed by atoms with Gasteiger partial charge in [-0.2, -0.15) is 0 Å². The number of aromatic nitrogens is 1. The number of ketones is 1. The van der Waals surface area contributed by atoms with Crippen molar-refractivity contribution in [2.24, 2.45) is 28.8 Å². The van der Waals surface area contributed by atoms with E-state index < -0.39 is 120 Å². The van der Waals surface area contributed by atoms with Gasteiger partial charge in [-0.25, -0.2) is 19.4 Å². The fourth-order valence-electron chi connectivity index (χ4n) is 10.7. The first-order chi connectivity index (χ1) is 37.7. The molecule has 0 spiro atoms. The zero-order valence-corrected chi connectivity index (χ0v) is 47.4. The van der Waals surface area contributed by atoms with Gasteiger partial charge in [0.2, 0.25) is 0 Å². The lowest BCUT2D eigenvalue weighted by Crippen LogP contribution is -2.61. The molecule has 3 saturated heterocycles. The molecular weight excluding hydrogens is 1040 g/mol. The summed E-state index contributed by atoms with van der Waals surface area (Å²) in [6.07, 6.45) is -8.22. The number of esters is 1. The summed E-state index contributed by atoms with van der Waals surface area (Å²) in [5.41, 5.74) is -0.386. The Morgan fingerprint density at radius 3 is 2.19 bits per heavy atom. The number of Topliss-reactive ketones (excluding diaryl/α,β-unsaturated/α-hetero) is 1. The van der Waals surface area contributed by atoms with Crippen LogP contribution < -0.4 is 5.32 Å². The van der Waals surface area contributed by atoms with Crippen molar-refractivity contribution >= 4 is 63.3 Å². The standard InChI is InChI=1S/C58H74N4O16S/c1-11-44-58(8)51(77-56(68)78-58)36(4)47(61-72-33-45(63)59-28-20-27-46-60-41-25-18-19-26-43(41)79-46)34(2)30-57(7,69-10)50(37(5)48(64)38(6)52(65)74-44)76-53-49(75-55(67)71-32-40-23-16-13-17-24-40)42(29-35(3)73-53)62(9)54(66)70-31-39-21-14-12-15-22-39/h12-19,21-26,34-38,42,44,49-51,53H,11,20,27-33H2,1-10H3,(H,59,63)/b61-47+/t34-,35-,36+,37+,38-,42+,44-,49-,50-,51-,53+,57+,58-/m1/s1. The molecule has 0 saturated carbocycles. The third-order valence-corrected chi connectivity index (χ3v) is 16.2. The van der Waals surface area contributed by atoms with Gasteiger partial charge in [0, 0.05) is 44.9 Å². The monoisotopic (exact) mass is 1110 g/mol. The topological polar surface area (TPSA) is 235 Å². The molecule has 3 aliphatic heterocycles. The minimum Gasteiger partial charge on any atom is -0.457 e. The average molecular weight is 1120 g/mol. The number of nitrogens with one attached hydrogen (secondary N) is 1. The number of para-hydroxylation sites is 1. The van der Waals surface area contributed by atoms with Gasteiger partial charge < -0.3 is 57.7 Å². The fourth-order valence-corrected chi connectivity index (χ4v) is 11.8. The second kappa shape index (κ2) is 27.0. The molecule has 3 fully saturated rings. The smallest absolute Gasteiger partial charge is 0.457 e. The Hall–Kier alpha value is -6.68. The van der Waals surface area contributed by atoms with E-state index in [1.165, 1.54) is 26.0 Å². The minimum absolute atomic E-state index is 0.0204. The number of likely N-dealkylation sites (N-methyl/N-ethyl adjacent to an activating group) is 1. The van der Waals surface area contributed by atoms with Crippen LogP contribution in [0.2, 0.25) is 0 Å². The Morgan fingerprint density at radius 2 is 1.53 bits per heavy atom. The van der Waals surface area contributed by atoms with Crippen molar-refractivity contribution in [3.63, 3.8) is 0 Å². The van der Waals surface area contributed by atoms with Crippen LogP contribution in [0.1, 0.15) is 97.2 Å². The van der Waals surface area contributed by atoms with Gasteiger partial charge in [-0.15, -0.1) is 11.3 Å². The molecule has 3 aliphatic rings. The Morgan fingerprint density at radius 1 is 0.873 bits per heavy atom. The quantitative estimate of drug-likeness (QED) is 0.0341. The minimum atomic E-state index is -1.57. The third-order valence-electron chi connectivity index (χ3n) is 15.1. The zero-order valence-electron chi connectivity index (χ0n) is 46.6. The number of carbonyl (C=O) groups excluding carboxylic acids is 6. The number of fused-ring (bicyclic) bond motifs is 2. The Kier molecular flexibility index (Phi) is 20.5. The number of aryl methyl sites for hydroxylation is 1. The van der Waals surface area contributed by atoms with Crippen LogP contribution >= 0.6 is 11.3 Å². The van der Waals surface area contributed by atoms with Crippen molar-refractivity contribution in [2.45, 2.75) is 155 Å². The number of nitrogens with zero attached hydrogens (tertiary/aromatic N) is 3. The van der Waals surface area contributed by atoms with Crippen LogP contribution in [-0.2, 0) is 81.5 Å². The average Bonchev–Trinajstić information content (AvgIpc) is 4.11. The van der Waals surface area contributed by atoms with Crippen LogP contribution in [0.25, 0.3) is 10.2 Å². The van der Waals surface area contributed by atoms with E-state index in [4.69, 9.17) is 47.5 Å². The van der Waals surface area contributed by atoms with Crippen molar-refractivity contribution in [3.05, 3.63) is 101 Å². The first-order valence-electron chi connectivity index (χ1n) is 26.9. The largest absolute Gasteiger partial charge is 0.509 e. The van der Waals surface area contributed by atoms with E-state index in [-0.39, 0.29) is 32.5 Å². The van der Waals surface area contributed by atoms with E-state index in [9.17, 15) is 28.8 Å². The summed E-state index contributed by atoms with van der Waals surface area (Å²) in [7, 11) is 2.95. The molecule has 0 aliphatic carbocycles. The number of benzene rings is 3. The van der Waals surface area contributed by atoms with Crippen LogP contribution in [0.5, 0.6) is 0 Å². The molecular formula is C58H74N4O16S. The summed E-state index contributed by atoms with van der Waals surface area (Å²) in [5.74, 6) is -5.96. The van der Waals surface area contributed by atoms with Crippen LogP contribution in [-0.4, -0.2) is 133 Å². The van der Waals surface area contributed by atoms with Crippen molar-refractivity contribution in [3.8, 4) is 0 Å². The maximum Gasteiger partial charge on any atom is 0.509 e. The van der Waals surface area contributed by atoms with Gasteiger partial charge >= 0.3 is 24.4 Å². The molecule has 3 aromatic carbocycles. The lowest BCUT2D eigenvalue weighted by molar-refractivity contribution is -0.295. The van der Waals surface area contributed by atoms with Crippen LogP contribution in [0, 0.1) is 23.7 Å². The number of thiazole rings is 1. The van der Waals surface area contributed by atoms with Crippen molar-refractivity contribution in [1.82, 2.24) is 15.2 Å². The van der Waals surface area contributed by atoms with Crippen LogP contribution in [0.4, 0.5) is 14.4 Å². The van der Waals surface area contributed by atoms with E-state index in [2.05, 4.69) is 15.5 Å². The molecule has 0 unspecified atom stereocenters. The third kappa shape index (κ3) is 14.8. The first kappa shape index (κ1) is 60.0. The number of hydrogen-bond acceptors (Lipinski definition) is 19. The Bertz CT molecular complexity index is 2730. The molecule has 1 N–H and O–H groups in total. The zero-order chi connectivity index (χ0) is 57.0. The molecule has 7 rings (SSSR count). The van der Waals surface area contributed by atoms with E-state index in [1.807, 2.05) is 67.6 Å². The van der Waals surface area contributed by atoms with E-state index in [0.717, 1.165) is 20.8 Å². The highest BCUT2D eigenvalue weighted by molar-refractivity contribution is 7.18. The van der Waals surface area contributed by atoms with Gasteiger partial charge in [0.1, 0.15) is 25.2 Å². The summed E-state index contributed by atoms with van der Waals surface area (Å²) in [6, 6.07) is 25.1. The molecule has 0 radical (unpaired) electrons. The molecule has 1 aromatic heterocycles. The highest BCUT2D eigenvalue weighted by Crippen LogP contribution is 2.43. The van der Waals surface area contributed by atoms with Gasteiger partial charge in [-0.3, -0.25) is 14.4 Å². The van der Waals surface area contributed by atoms with Gasteiger partial charge in [-0.1, -0.05) is 106 Å².